The Labute approximate surface area is 225 Å². The lowest BCUT2D eigenvalue weighted by Gasteiger charge is -2.23. The van der Waals surface area contributed by atoms with E-state index in [4.69, 9.17) is 9.47 Å². The molecule has 1 saturated heterocycles. The van der Waals surface area contributed by atoms with Gasteiger partial charge in [0.1, 0.15) is 17.3 Å². The van der Waals surface area contributed by atoms with Gasteiger partial charge in [0.05, 0.1) is 35.5 Å². The molecule has 4 aromatic rings. The lowest BCUT2D eigenvalue weighted by atomic mass is 9.95. The maximum atomic E-state index is 13.5. The van der Waals surface area contributed by atoms with Crippen molar-refractivity contribution in [1.82, 2.24) is 4.98 Å². The Morgan fingerprint density at radius 3 is 2.58 bits per heavy atom. The number of benzene rings is 3. The minimum atomic E-state index is -0.845. The second-order valence-electron chi connectivity index (χ2n) is 9.14. The molecule has 1 aromatic heterocycles. The van der Waals surface area contributed by atoms with E-state index in [9.17, 15) is 14.7 Å². The SMILES string of the molecule is CCCCOc1cccc(C(O)=C2C(=O)C(=O)N(c3nc4ccc(OC)cc4s3)C2c2ccc(C)cc2)c1. The van der Waals surface area contributed by atoms with Gasteiger partial charge in [-0.05, 0) is 49.2 Å². The molecule has 3 aromatic carbocycles. The molecule has 0 aliphatic carbocycles. The van der Waals surface area contributed by atoms with Gasteiger partial charge >= 0.3 is 5.91 Å². The van der Waals surface area contributed by atoms with Crippen LogP contribution in [0.3, 0.4) is 0 Å². The first-order valence-corrected chi connectivity index (χ1v) is 13.3. The summed E-state index contributed by atoms with van der Waals surface area (Å²) < 4.78 is 11.9. The van der Waals surface area contributed by atoms with Crippen LogP contribution in [0.25, 0.3) is 16.0 Å². The van der Waals surface area contributed by atoms with Crippen molar-refractivity contribution in [2.75, 3.05) is 18.6 Å². The quantitative estimate of drug-likeness (QED) is 0.123. The summed E-state index contributed by atoms with van der Waals surface area (Å²) in [6.45, 7) is 4.60. The molecule has 0 saturated carbocycles. The molecule has 7 nitrogen and oxygen atoms in total. The van der Waals surface area contributed by atoms with E-state index < -0.39 is 17.7 Å². The fourth-order valence-electron chi connectivity index (χ4n) is 4.44. The number of methoxy groups -OCH3 is 1. The fourth-order valence-corrected chi connectivity index (χ4v) is 5.46. The van der Waals surface area contributed by atoms with E-state index in [0.29, 0.717) is 39.9 Å². The number of aromatic nitrogens is 1. The average molecular weight is 529 g/mol. The number of thiazole rings is 1. The molecule has 0 spiro atoms. The summed E-state index contributed by atoms with van der Waals surface area (Å²) in [7, 11) is 1.59. The summed E-state index contributed by atoms with van der Waals surface area (Å²) >= 11 is 1.29. The predicted octanol–water partition coefficient (Wildman–Crippen LogP) is 6.42. The van der Waals surface area contributed by atoms with Gasteiger partial charge in [0.15, 0.2) is 5.13 Å². The number of fused-ring (bicyclic) bond motifs is 1. The number of aryl methyl sites for hydroxylation is 1. The zero-order valence-corrected chi connectivity index (χ0v) is 22.2. The number of anilines is 1. The van der Waals surface area contributed by atoms with Crippen molar-refractivity contribution in [3.8, 4) is 11.5 Å². The highest BCUT2D eigenvalue weighted by molar-refractivity contribution is 7.22. The topological polar surface area (TPSA) is 89.0 Å². The monoisotopic (exact) mass is 528 g/mol. The van der Waals surface area contributed by atoms with Crippen LogP contribution >= 0.6 is 11.3 Å². The third kappa shape index (κ3) is 4.75. The van der Waals surface area contributed by atoms with E-state index >= 15 is 0 Å². The number of ether oxygens (including phenoxy) is 2. The van der Waals surface area contributed by atoms with E-state index in [1.165, 1.54) is 16.2 Å². The van der Waals surface area contributed by atoms with E-state index in [1.807, 2.05) is 43.3 Å². The maximum absolute atomic E-state index is 13.5. The van der Waals surface area contributed by atoms with Crippen molar-refractivity contribution < 1.29 is 24.2 Å². The zero-order chi connectivity index (χ0) is 26.8. The van der Waals surface area contributed by atoms with Crippen molar-refractivity contribution in [2.45, 2.75) is 32.7 Å². The Morgan fingerprint density at radius 1 is 1.05 bits per heavy atom. The Kier molecular flexibility index (Phi) is 7.15. The number of nitrogens with zero attached hydrogens (tertiary/aromatic N) is 2. The van der Waals surface area contributed by atoms with Crippen LogP contribution in [-0.2, 0) is 9.59 Å². The van der Waals surface area contributed by atoms with Gasteiger partial charge in [-0.3, -0.25) is 14.5 Å². The number of amides is 1. The molecular formula is C30H28N2O5S. The molecule has 1 unspecified atom stereocenters. The van der Waals surface area contributed by atoms with Gasteiger partial charge in [-0.15, -0.1) is 0 Å². The van der Waals surface area contributed by atoms with Crippen molar-refractivity contribution in [3.63, 3.8) is 0 Å². The van der Waals surface area contributed by atoms with E-state index in [-0.39, 0.29) is 11.3 Å². The molecule has 8 heteroatoms. The summed E-state index contributed by atoms with van der Waals surface area (Å²) in [5.41, 5.74) is 2.84. The number of carbonyl (C=O) groups excluding carboxylic acids is 2. The second kappa shape index (κ2) is 10.7. The van der Waals surface area contributed by atoms with Crippen LogP contribution in [0, 0.1) is 6.92 Å². The van der Waals surface area contributed by atoms with Gasteiger partial charge < -0.3 is 14.6 Å². The van der Waals surface area contributed by atoms with Crippen molar-refractivity contribution in [3.05, 3.63) is 89.0 Å². The summed E-state index contributed by atoms with van der Waals surface area (Å²) in [6.07, 6.45) is 1.90. The molecule has 194 valence electrons. The Balaban J connectivity index is 1.64. The standard InChI is InChI=1S/C30H28N2O5S/c1-4-5-15-37-22-8-6-7-20(16-22)27(33)25-26(19-11-9-18(2)10-12-19)32(29(35)28(25)34)30-31-23-14-13-21(36-3)17-24(23)38-30/h6-14,16-17,26,33H,4-5,15H2,1-3H3. The molecule has 1 aliphatic rings. The van der Waals surface area contributed by atoms with Gasteiger partial charge in [-0.25, -0.2) is 4.98 Å². The molecule has 1 amide bonds. The number of hydrogen-bond acceptors (Lipinski definition) is 7. The number of Topliss-reactive ketones (excluding diaryl/α,β-unsaturated/α-hetero) is 1. The molecule has 1 aliphatic heterocycles. The number of unbranched alkanes of at least 4 members (excludes halogenated alkanes) is 1. The summed E-state index contributed by atoms with van der Waals surface area (Å²) in [4.78, 5) is 33.0. The number of ketones is 1. The summed E-state index contributed by atoms with van der Waals surface area (Å²) in [6, 6.07) is 19.1. The molecule has 0 radical (unpaired) electrons. The molecule has 1 atom stereocenters. The first-order valence-electron chi connectivity index (χ1n) is 12.5. The fraction of sp³-hybridized carbons (Fsp3) is 0.233. The average Bonchev–Trinajstić information content (AvgIpc) is 3.46. The van der Waals surface area contributed by atoms with Gasteiger partial charge in [0, 0.05) is 5.56 Å². The summed E-state index contributed by atoms with van der Waals surface area (Å²) in [5.74, 6) is -0.490. The van der Waals surface area contributed by atoms with Gasteiger partial charge in [-0.2, -0.15) is 0 Å². The van der Waals surface area contributed by atoms with Gasteiger partial charge in [0.2, 0.25) is 0 Å². The van der Waals surface area contributed by atoms with Crippen LogP contribution in [0.5, 0.6) is 11.5 Å². The molecular weight excluding hydrogens is 500 g/mol. The Bertz CT molecular complexity index is 1540. The van der Waals surface area contributed by atoms with Crippen LogP contribution in [0.2, 0.25) is 0 Å². The largest absolute Gasteiger partial charge is 0.507 e. The molecule has 2 heterocycles. The Morgan fingerprint density at radius 2 is 1.84 bits per heavy atom. The smallest absolute Gasteiger partial charge is 0.301 e. The number of hydrogen-bond donors (Lipinski definition) is 1. The highest BCUT2D eigenvalue weighted by atomic mass is 32.1. The minimum Gasteiger partial charge on any atom is -0.507 e. The highest BCUT2D eigenvalue weighted by Crippen LogP contribution is 2.44. The van der Waals surface area contributed by atoms with Crippen molar-refractivity contribution in [1.29, 1.82) is 0 Å². The van der Waals surface area contributed by atoms with Gasteiger partial charge in [0.25, 0.3) is 5.78 Å². The predicted molar refractivity (Wildman–Crippen MR) is 149 cm³/mol. The second-order valence-corrected chi connectivity index (χ2v) is 10.1. The maximum Gasteiger partial charge on any atom is 0.301 e. The number of carbonyl (C=O) groups is 2. The highest BCUT2D eigenvalue weighted by Gasteiger charge is 2.48. The molecule has 38 heavy (non-hydrogen) atoms. The lowest BCUT2D eigenvalue weighted by molar-refractivity contribution is -0.132. The van der Waals surface area contributed by atoms with Crippen molar-refractivity contribution in [2.24, 2.45) is 0 Å². The van der Waals surface area contributed by atoms with Crippen LogP contribution < -0.4 is 14.4 Å². The van der Waals surface area contributed by atoms with E-state index in [1.54, 1.807) is 37.4 Å². The minimum absolute atomic E-state index is 0.0152. The Hall–Kier alpha value is -4.17. The summed E-state index contributed by atoms with van der Waals surface area (Å²) in [5, 5.41) is 11.8. The first kappa shape index (κ1) is 25.5. The zero-order valence-electron chi connectivity index (χ0n) is 21.4. The van der Waals surface area contributed by atoms with E-state index in [0.717, 1.165) is 23.1 Å². The van der Waals surface area contributed by atoms with Crippen molar-refractivity contribution >= 4 is 44.1 Å². The number of aliphatic hydroxyl groups is 1. The molecule has 1 fully saturated rings. The molecule has 5 rings (SSSR count). The third-order valence-corrected chi connectivity index (χ3v) is 7.52. The van der Waals surface area contributed by atoms with Crippen LogP contribution in [-0.4, -0.2) is 35.5 Å². The van der Waals surface area contributed by atoms with E-state index in [2.05, 4.69) is 11.9 Å². The van der Waals surface area contributed by atoms with Crippen LogP contribution in [0.15, 0.2) is 72.3 Å². The number of aliphatic hydroxyl groups excluding tert-OH is 1. The third-order valence-electron chi connectivity index (χ3n) is 6.50. The molecule has 0 bridgehead atoms. The lowest BCUT2D eigenvalue weighted by Crippen LogP contribution is -2.29. The normalized spacial score (nSPS) is 16.8. The molecule has 1 N–H and O–H groups in total. The number of rotatable bonds is 8. The van der Waals surface area contributed by atoms with Gasteiger partial charge in [-0.1, -0.05) is 66.6 Å². The van der Waals surface area contributed by atoms with Crippen LogP contribution in [0.4, 0.5) is 5.13 Å². The van der Waals surface area contributed by atoms with Crippen LogP contribution in [0.1, 0.15) is 42.5 Å². The first-order chi connectivity index (χ1) is 18.4.